The van der Waals surface area contributed by atoms with Gasteiger partial charge in [0, 0.05) is 5.92 Å². The summed E-state index contributed by atoms with van der Waals surface area (Å²) in [7, 11) is 0. The zero-order chi connectivity index (χ0) is 6.69. The summed E-state index contributed by atoms with van der Waals surface area (Å²) >= 11 is 11.3. The number of halogens is 2. The van der Waals surface area contributed by atoms with E-state index in [4.69, 9.17) is 23.2 Å². The normalized spacial score (nSPS) is 23.0. The van der Waals surface area contributed by atoms with Gasteiger partial charge >= 0.3 is 0 Å². The van der Waals surface area contributed by atoms with E-state index in [-0.39, 0.29) is 4.84 Å². The van der Waals surface area contributed by atoms with Gasteiger partial charge in [-0.25, -0.2) is 0 Å². The predicted molar refractivity (Wildman–Crippen MR) is 41.5 cm³/mol. The molecule has 1 aliphatic rings. The minimum Gasteiger partial charge on any atom is -0.105 e. The maximum atomic E-state index is 5.67. The topological polar surface area (TPSA) is 0 Å². The molecule has 1 saturated carbocycles. The summed E-state index contributed by atoms with van der Waals surface area (Å²) in [4.78, 5) is -0.223. The highest BCUT2D eigenvalue weighted by Gasteiger charge is 2.19. The van der Waals surface area contributed by atoms with Crippen LogP contribution < -0.4 is 0 Å². The molecule has 0 unspecified atom stereocenters. The molecule has 0 bridgehead atoms. The summed E-state index contributed by atoms with van der Waals surface area (Å²) in [6.07, 6.45) is 6.80. The van der Waals surface area contributed by atoms with E-state index in [0.29, 0.717) is 0 Å². The van der Waals surface area contributed by atoms with E-state index in [9.17, 15) is 0 Å². The Morgan fingerprint density at radius 1 is 1.22 bits per heavy atom. The largest absolute Gasteiger partial charge is 0.114 e. The quantitative estimate of drug-likeness (QED) is 0.523. The Labute approximate surface area is 66.5 Å². The van der Waals surface area contributed by atoms with E-state index in [1.54, 1.807) is 0 Å². The second-order valence-electron chi connectivity index (χ2n) is 2.32. The fraction of sp³-hybridized carbons (Fsp3) is 0.714. The van der Waals surface area contributed by atoms with Crippen molar-refractivity contribution in [2.75, 3.05) is 0 Å². The summed E-state index contributed by atoms with van der Waals surface area (Å²) in [5.41, 5.74) is 0. The van der Waals surface area contributed by atoms with E-state index in [1.807, 2.05) is 0 Å². The summed E-state index contributed by atoms with van der Waals surface area (Å²) < 4.78 is 0. The zero-order valence-corrected chi connectivity index (χ0v) is 6.75. The Morgan fingerprint density at radius 2 is 1.78 bits per heavy atom. The summed E-state index contributed by atoms with van der Waals surface area (Å²) in [6, 6.07) is 0. The second kappa shape index (κ2) is 3.68. The molecule has 0 saturated heterocycles. The van der Waals surface area contributed by atoms with Crippen LogP contribution in [0.5, 0.6) is 0 Å². The molecule has 2 radical (unpaired) electrons. The molecule has 0 N–H and O–H groups in total. The first-order chi connectivity index (χ1) is 4.30. The number of rotatable bonds is 1. The van der Waals surface area contributed by atoms with Crippen molar-refractivity contribution < 1.29 is 0 Å². The number of alkyl halides is 2. The Morgan fingerprint density at radius 3 is 2.11 bits per heavy atom. The van der Waals surface area contributed by atoms with Gasteiger partial charge in [-0.2, -0.15) is 0 Å². The summed E-state index contributed by atoms with van der Waals surface area (Å²) in [5.74, 6) is 1.31. The highest BCUT2D eigenvalue weighted by molar-refractivity contribution is 6.45. The van der Waals surface area contributed by atoms with Crippen LogP contribution in [0.1, 0.15) is 25.7 Å². The van der Waals surface area contributed by atoms with Gasteiger partial charge in [0.15, 0.2) is 0 Å². The van der Waals surface area contributed by atoms with Crippen LogP contribution in [0.15, 0.2) is 0 Å². The Kier molecular flexibility index (Phi) is 3.14. The van der Waals surface area contributed by atoms with Crippen molar-refractivity contribution in [3.63, 3.8) is 0 Å². The minimum absolute atomic E-state index is 0.223. The van der Waals surface area contributed by atoms with Crippen LogP contribution in [-0.2, 0) is 0 Å². The molecule has 0 atom stereocenters. The van der Waals surface area contributed by atoms with Crippen LogP contribution >= 0.6 is 23.2 Å². The summed E-state index contributed by atoms with van der Waals surface area (Å²) in [5, 5.41) is 0. The molecule has 0 heterocycles. The lowest BCUT2D eigenvalue weighted by Gasteiger charge is -2.20. The number of hydrogen-bond donors (Lipinski definition) is 0. The molecular formula is C7H10Cl2. The highest BCUT2D eigenvalue weighted by Crippen LogP contribution is 2.32. The Balaban J connectivity index is 2.23. The summed E-state index contributed by atoms with van der Waals surface area (Å²) in [6.45, 7) is 0. The Hall–Kier alpha value is 0.580. The third-order valence-corrected chi connectivity index (χ3v) is 2.26. The molecule has 52 valence electrons. The van der Waals surface area contributed by atoms with Crippen LogP contribution in [-0.4, -0.2) is 4.84 Å². The van der Waals surface area contributed by atoms with E-state index < -0.39 is 0 Å². The van der Waals surface area contributed by atoms with E-state index in [1.165, 1.54) is 5.92 Å². The molecule has 0 aromatic rings. The molecule has 0 spiro atoms. The van der Waals surface area contributed by atoms with Crippen LogP contribution in [0, 0.1) is 12.3 Å². The van der Waals surface area contributed by atoms with E-state index in [0.717, 1.165) is 25.7 Å². The predicted octanol–water partition coefficient (Wildman–Crippen LogP) is 3.14. The van der Waals surface area contributed by atoms with Gasteiger partial charge in [-0.1, -0.05) is 0 Å². The lowest BCUT2D eigenvalue weighted by molar-refractivity contribution is 0.626. The van der Waals surface area contributed by atoms with Crippen molar-refractivity contribution in [2.24, 2.45) is 0 Å². The van der Waals surface area contributed by atoms with Crippen LogP contribution in [0.2, 0.25) is 0 Å². The van der Waals surface area contributed by atoms with Gasteiger partial charge in [-0.05, 0) is 32.1 Å². The highest BCUT2D eigenvalue weighted by atomic mass is 35.5. The maximum Gasteiger partial charge on any atom is 0.114 e. The van der Waals surface area contributed by atoms with Gasteiger partial charge in [-0.3, -0.25) is 0 Å². The average molecular weight is 165 g/mol. The molecule has 2 heteroatoms. The molecule has 9 heavy (non-hydrogen) atoms. The monoisotopic (exact) mass is 164 g/mol. The maximum absolute atomic E-state index is 5.67. The molecule has 1 aliphatic carbocycles. The molecular weight excluding hydrogens is 155 g/mol. The third-order valence-electron chi connectivity index (χ3n) is 1.65. The van der Waals surface area contributed by atoms with Gasteiger partial charge in [0.05, 0.1) is 0 Å². The van der Waals surface area contributed by atoms with Crippen molar-refractivity contribution >= 4 is 23.2 Å². The molecule has 0 aromatic heterocycles. The first-order valence-corrected chi connectivity index (χ1v) is 4.12. The van der Waals surface area contributed by atoms with Gasteiger partial charge in [0.2, 0.25) is 0 Å². The first-order valence-electron chi connectivity index (χ1n) is 3.25. The zero-order valence-electron chi connectivity index (χ0n) is 5.24. The molecule has 0 nitrogen and oxygen atoms in total. The lowest BCUT2D eigenvalue weighted by Crippen LogP contribution is -2.10. The van der Waals surface area contributed by atoms with Crippen molar-refractivity contribution in [1.82, 2.24) is 0 Å². The molecule has 1 rings (SSSR count). The SMILES string of the molecule is ClC(Cl)[C]1CC[CH]CC1. The van der Waals surface area contributed by atoms with Gasteiger partial charge in [0.1, 0.15) is 4.84 Å². The van der Waals surface area contributed by atoms with Crippen molar-refractivity contribution in [3.8, 4) is 0 Å². The van der Waals surface area contributed by atoms with E-state index >= 15 is 0 Å². The van der Waals surface area contributed by atoms with Gasteiger partial charge < -0.3 is 0 Å². The molecule has 0 aromatic carbocycles. The smallest absolute Gasteiger partial charge is 0.105 e. The van der Waals surface area contributed by atoms with Crippen molar-refractivity contribution in [2.45, 2.75) is 30.5 Å². The van der Waals surface area contributed by atoms with Gasteiger partial charge in [0.25, 0.3) is 0 Å². The molecule has 1 fully saturated rings. The molecule has 0 amide bonds. The first kappa shape index (κ1) is 7.68. The van der Waals surface area contributed by atoms with Crippen LogP contribution in [0.4, 0.5) is 0 Å². The molecule has 0 aliphatic heterocycles. The number of hydrogen-bond acceptors (Lipinski definition) is 0. The fourth-order valence-corrected chi connectivity index (χ4v) is 1.50. The third kappa shape index (κ3) is 2.35. The fourth-order valence-electron chi connectivity index (χ4n) is 1.06. The average Bonchev–Trinajstić information content (AvgIpc) is 1.90. The standard InChI is InChI=1S/C7H10Cl2/c8-7(9)6-4-2-1-3-5-6/h1,7H,2-5H2. The van der Waals surface area contributed by atoms with Gasteiger partial charge in [-0.15, -0.1) is 23.2 Å². The second-order valence-corrected chi connectivity index (χ2v) is 3.42. The van der Waals surface area contributed by atoms with E-state index in [2.05, 4.69) is 6.42 Å². The van der Waals surface area contributed by atoms with Crippen LogP contribution in [0.25, 0.3) is 0 Å². The Bertz CT molecular complexity index is 75.0. The van der Waals surface area contributed by atoms with Crippen molar-refractivity contribution in [3.05, 3.63) is 12.3 Å². The lowest BCUT2D eigenvalue weighted by atomic mass is 9.91. The van der Waals surface area contributed by atoms with Crippen LogP contribution in [0.3, 0.4) is 0 Å². The minimum atomic E-state index is -0.223. The van der Waals surface area contributed by atoms with Crippen molar-refractivity contribution in [1.29, 1.82) is 0 Å².